The highest BCUT2D eigenvalue weighted by Gasteiger charge is 2.45. The van der Waals surface area contributed by atoms with Crippen molar-refractivity contribution in [3.8, 4) is 17.2 Å². The second kappa shape index (κ2) is 11.0. The lowest BCUT2D eigenvalue weighted by Gasteiger charge is -2.30. The molecule has 0 aromatic heterocycles. The van der Waals surface area contributed by atoms with Gasteiger partial charge in [0, 0.05) is 5.57 Å². The second-order valence-corrected chi connectivity index (χ2v) is 8.55. The van der Waals surface area contributed by atoms with Crippen molar-refractivity contribution in [3.05, 3.63) is 58.9 Å². The first-order valence-corrected chi connectivity index (χ1v) is 11.6. The van der Waals surface area contributed by atoms with Crippen LogP contribution < -0.4 is 24.2 Å². The average molecular weight is 501 g/mol. The van der Waals surface area contributed by atoms with E-state index < -0.39 is 29.3 Å². The molecule has 0 radical (unpaired) electrons. The number of nitrogens with one attached hydrogen (secondary N) is 1. The van der Waals surface area contributed by atoms with Gasteiger partial charge in [-0.1, -0.05) is 17.9 Å². The Labute approximate surface area is 208 Å². The largest absolute Gasteiger partial charge is 0.872 e. The number of rotatable bonds is 8. The maximum absolute atomic E-state index is 13.5. The number of methoxy groups -OCH3 is 3. The minimum absolute atomic E-state index is 0.116. The zero-order valence-electron chi connectivity index (χ0n) is 20.5. The predicted octanol–water partition coefficient (Wildman–Crippen LogP) is -0.00940. The first-order valence-electron chi connectivity index (χ1n) is 11.6. The SMILES string of the molecule is COc1cc(C2/C(=C(\[O-])c3ccc(F)cc3)C(=O)C(=O)N2CC[NH+]2CCOCC2)cc(OC)c1OC. The normalized spacial score (nSPS) is 20.0. The molecule has 0 spiro atoms. The first-order chi connectivity index (χ1) is 17.4. The van der Waals surface area contributed by atoms with Crippen molar-refractivity contribution >= 4 is 17.4 Å². The van der Waals surface area contributed by atoms with Gasteiger partial charge in [0.15, 0.2) is 11.5 Å². The van der Waals surface area contributed by atoms with Crippen LogP contribution in [0.5, 0.6) is 17.2 Å². The molecular formula is C26H29FN2O7. The van der Waals surface area contributed by atoms with Crippen LogP contribution in [0, 0.1) is 5.82 Å². The third-order valence-electron chi connectivity index (χ3n) is 6.54. The Hall–Kier alpha value is -3.63. The molecule has 0 aliphatic carbocycles. The van der Waals surface area contributed by atoms with Crippen molar-refractivity contribution in [2.45, 2.75) is 6.04 Å². The van der Waals surface area contributed by atoms with Gasteiger partial charge in [0.05, 0.1) is 53.7 Å². The molecule has 1 amide bonds. The summed E-state index contributed by atoms with van der Waals surface area (Å²) in [4.78, 5) is 29.1. The quantitative estimate of drug-likeness (QED) is 0.309. The first kappa shape index (κ1) is 25.5. The number of ether oxygens (including phenoxy) is 4. The number of carbonyl (C=O) groups excluding carboxylic acids is 2. The molecule has 2 aliphatic rings. The number of amides is 1. The van der Waals surface area contributed by atoms with Crippen LogP contribution in [0.1, 0.15) is 17.2 Å². The second-order valence-electron chi connectivity index (χ2n) is 8.55. The molecule has 2 aliphatic heterocycles. The molecule has 0 saturated carbocycles. The third-order valence-corrected chi connectivity index (χ3v) is 6.54. The molecule has 10 heteroatoms. The summed E-state index contributed by atoms with van der Waals surface area (Å²) in [6.45, 7) is 3.66. The number of carbonyl (C=O) groups is 2. The number of quaternary nitrogens is 1. The summed E-state index contributed by atoms with van der Waals surface area (Å²) in [6, 6.07) is 7.17. The zero-order valence-corrected chi connectivity index (χ0v) is 20.5. The van der Waals surface area contributed by atoms with E-state index in [2.05, 4.69) is 0 Å². The van der Waals surface area contributed by atoms with Crippen LogP contribution in [-0.4, -0.2) is 77.3 Å². The molecule has 2 saturated heterocycles. The fourth-order valence-electron chi connectivity index (χ4n) is 4.65. The lowest BCUT2D eigenvalue weighted by molar-refractivity contribution is -0.907. The molecule has 1 N–H and O–H groups in total. The van der Waals surface area contributed by atoms with Gasteiger partial charge in [-0.25, -0.2) is 4.39 Å². The van der Waals surface area contributed by atoms with Gasteiger partial charge in [0.2, 0.25) is 11.5 Å². The van der Waals surface area contributed by atoms with Gasteiger partial charge < -0.3 is 33.9 Å². The maximum atomic E-state index is 13.5. The summed E-state index contributed by atoms with van der Waals surface area (Å²) in [5.41, 5.74) is 0.384. The zero-order chi connectivity index (χ0) is 25.8. The van der Waals surface area contributed by atoms with Crippen LogP contribution in [0.4, 0.5) is 4.39 Å². The number of morpholine rings is 1. The number of likely N-dealkylation sites (tertiary alicyclic amines) is 1. The number of hydrogen-bond acceptors (Lipinski definition) is 7. The topological polar surface area (TPSA) is 102 Å². The number of halogens is 1. The molecule has 2 aromatic rings. The van der Waals surface area contributed by atoms with Crippen molar-refractivity contribution in [2.75, 3.05) is 60.7 Å². The number of Topliss-reactive ketones (excluding diaryl/α,β-unsaturated/α-hetero) is 1. The number of nitrogens with zero attached hydrogens (tertiary/aromatic N) is 1. The Morgan fingerprint density at radius 3 is 2.22 bits per heavy atom. The fourth-order valence-corrected chi connectivity index (χ4v) is 4.65. The lowest BCUT2D eigenvalue weighted by Crippen LogP contribution is -3.14. The molecule has 2 heterocycles. The number of ketones is 1. The highest BCUT2D eigenvalue weighted by Crippen LogP contribution is 2.45. The van der Waals surface area contributed by atoms with Gasteiger partial charge in [0.1, 0.15) is 18.9 Å². The van der Waals surface area contributed by atoms with E-state index in [0.29, 0.717) is 42.6 Å². The smallest absolute Gasteiger partial charge is 0.295 e. The summed E-state index contributed by atoms with van der Waals surface area (Å²) in [5.74, 6) is -1.78. The van der Waals surface area contributed by atoms with Crippen molar-refractivity contribution < 1.29 is 42.9 Å². The molecule has 2 fully saturated rings. The van der Waals surface area contributed by atoms with Gasteiger partial charge in [-0.2, -0.15) is 0 Å². The van der Waals surface area contributed by atoms with Crippen LogP contribution in [0.15, 0.2) is 42.0 Å². The Balaban J connectivity index is 1.83. The molecule has 1 unspecified atom stereocenters. The minimum atomic E-state index is -0.975. The summed E-state index contributed by atoms with van der Waals surface area (Å²) in [5, 5.41) is 13.5. The van der Waals surface area contributed by atoms with E-state index in [4.69, 9.17) is 18.9 Å². The molecule has 1 atom stereocenters. The third kappa shape index (κ3) is 4.87. The highest BCUT2D eigenvalue weighted by atomic mass is 19.1. The van der Waals surface area contributed by atoms with Crippen LogP contribution in [0.3, 0.4) is 0 Å². The Bertz CT molecular complexity index is 1130. The Morgan fingerprint density at radius 1 is 1.06 bits per heavy atom. The molecular weight excluding hydrogens is 471 g/mol. The van der Waals surface area contributed by atoms with E-state index in [1.165, 1.54) is 43.3 Å². The summed E-state index contributed by atoms with van der Waals surface area (Å²) in [7, 11) is 4.38. The lowest BCUT2D eigenvalue weighted by atomic mass is 9.94. The molecule has 2 aromatic carbocycles. The minimum Gasteiger partial charge on any atom is -0.872 e. The standard InChI is InChI=1S/C26H29FN2O7/c1-33-19-14-17(15-20(34-2)25(19)35-3)22-21(23(30)16-4-6-18(27)7-5-16)24(31)26(32)29(22)9-8-28-10-12-36-13-11-28/h4-7,14-15,22,30H,8-13H2,1-3H3/b23-21+. The maximum Gasteiger partial charge on any atom is 0.295 e. The summed E-state index contributed by atoms with van der Waals surface area (Å²) in [6.07, 6.45) is 0. The number of benzene rings is 2. The van der Waals surface area contributed by atoms with Gasteiger partial charge in [-0.05, 0) is 35.4 Å². The molecule has 36 heavy (non-hydrogen) atoms. The van der Waals surface area contributed by atoms with E-state index in [1.807, 2.05) is 0 Å². The van der Waals surface area contributed by atoms with Crippen LogP contribution in [-0.2, 0) is 14.3 Å². The van der Waals surface area contributed by atoms with Gasteiger partial charge in [-0.15, -0.1) is 0 Å². The van der Waals surface area contributed by atoms with E-state index in [-0.39, 0.29) is 17.7 Å². The van der Waals surface area contributed by atoms with Crippen LogP contribution in [0.2, 0.25) is 0 Å². The van der Waals surface area contributed by atoms with Crippen LogP contribution >= 0.6 is 0 Å². The predicted molar refractivity (Wildman–Crippen MR) is 125 cm³/mol. The van der Waals surface area contributed by atoms with Gasteiger partial charge in [-0.3, -0.25) is 9.59 Å². The molecule has 9 nitrogen and oxygen atoms in total. The average Bonchev–Trinajstić information content (AvgIpc) is 3.16. The molecule has 192 valence electrons. The monoisotopic (exact) mass is 500 g/mol. The van der Waals surface area contributed by atoms with E-state index in [1.54, 1.807) is 12.1 Å². The summed E-state index contributed by atoms with van der Waals surface area (Å²) < 4.78 is 35.2. The van der Waals surface area contributed by atoms with E-state index in [9.17, 15) is 19.1 Å². The van der Waals surface area contributed by atoms with Crippen molar-refractivity contribution in [3.63, 3.8) is 0 Å². The van der Waals surface area contributed by atoms with Gasteiger partial charge in [0.25, 0.3) is 5.91 Å². The molecule has 4 rings (SSSR count). The molecule has 0 bridgehead atoms. The van der Waals surface area contributed by atoms with Crippen molar-refractivity contribution in [1.82, 2.24) is 4.90 Å². The van der Waals surface area contributed by atoms with Crippen LogP contribution in [0.25, 0.3) is 5.76 Å². The van der Waals surface area contributed by atoms with Crippen molar-refractivity contribution in [1.29, 1.82) is 0 Å². The Morgan fingerprint density at radius 2 is 1.67 bits per heavy atom. The fraction of sp³-hybridized carbons (Fsp3) is 0.385. The van der Waals surface area contributed by atoms with Crippen molar-refractivity contribution in [2.24, 2.45) is 0 Å². The van der Waals surface area contributed by atoms with E-state index in [0.717, 1.165) is 25.2 Å². The number of hydrogen-bond donors (Lipinski definition) is 1. The van der Waals surface area contributed by atoms with E-state index >= 15 is 0 Å². The highest BCUT2D eigenvalue weighted by molar-refractivity contribution is 6.46. The summed E-state index contributed by atoms with van der Waals surface area (Å²) >= 11 is 0. The Kier molecular flexibility index (Phi) is 7.76. The van der Waals surface area contributed by atoms with Gasteiger partial charge >= 0.3 is 0 Å².